The SMILES string of the molecule is CC.CCCCCC(CCCCC)CCOC.CCCCCC(CCCCC)CCOC(=O)CCCCCCCN(CCCCCCCC=O)CCCN=C(NS)C(=N)C(C)CC. The minimum absolute atomic E-state index is 0.0172. The molecule has 1 unspecified atom stereocenters. The summed E-state index contributed by atoms with van der Waals surface area (Å²) in [6, 6.07) is 0. The van der Waals surface area contributed by atoms with Gasteiger partial charge in [-0.25, -0.2) is 0 Å². The highest BCUT2D eigenvalue weighted by Crippen LogP contribution is 2.22. The molecule has 0 aliphatic rings. The number of carbonyl (C=O) groups is 2. The molecule has 376 valence electrons. The third-order valence-electron chi connectivity index (χ3n) is 12.4. The Morgan fingerprint density at radius 2 is 1.08 bits per heavy atom. The zero-order valence-corrected chi connectivity index (χ0v) is 44.5. The molecule has 0 fully saturated rings. The van der Waals surface area contributed by atoms with Crippen LogP contribution in [0.4, 0.5) is 0 Å². The highest BCUT2D eigenvalue weighted by atomic mass is 32.1. The second-order valence-electron chi connectivity index (χ2n) is 18.0. The molecule has 0 amide bonds. The Balaban J connectivity index is -0.00000177. The highest BCUT2D eigenvalue weighted by molar-refractivity contribution is 7.78. The summed E-state index contributed by atoms with van der Waals surface area (Å²) in [7, 11) is 1.81. The summed E-state index contributed by atoms with van der Waals surface area (Å²) in [5.74, 6) is 2.38. The summed E-state index contributed by atoms with van der Waals surface area (Å²) in [6.45, 7) is 22.6. The summed E-state index contributed by atoms with van der Waals surface area (Å²) >= 11 is 4.18. The van der Waals surface area contributed by atoms with Crippen molar-refractivity contribution in [1.29, 1.82) is 5.41 Å². The third kappa shape index (κ3) is 46.9. The van der Waals surface area contributed by atoms with E-state index in [0.29, 0.717) is 43.5 Å². The van der Waals surface area contributed by atoms with Crippen LogP contribution < -0.4 is 4.72 Å². The number of nitrogens with one attached hydrogen (secondary N) is 2. The van der Waals surface area contributed by atoms with Crippen LogP contribution in [-0.4, -0.2) is 75.2 Å². The molecule has 0 aromatic carbocycles. The van der Waals surface area contributed by atoms with Crippen molar-refractivity contribution in [2.75, 3.05) is 46.5 Å². The van der Waals surface area contributed by atoms with E-state index in [-0.39, 0.29) is 11.9 Å². The van der Waals surface area contributed by atoms with Crippen LogP contribution in [-0.2, 0) is 19.1 Å². The van der Waals surface area contributed by atoms with Crippen molar-refractivity contribution in [3.05, 3.63) is 0 Å². The first-order chi connectivity index (χ1) is 30.8. The Hall–Kier alpha value is -1.45. The number of aldehydes is 1. The maximum atomic E-state index is 12.3. The molecular weight excluding hydrogens is 801 g/mol. The first kappa shape index (κ1) is 65.8. The molecule has 0 saturated heterocycles. The van der Waals surface area contributed by atoms with Crippen LogP contribution in [0.5, 0.6) is 0 Å². The average molecular weight is 912 g/mol. The standard InChI is InChI=1S/C38H74N4O3S.C14H30O.C2H6/c1-5-8-17-24-35(25-18-9-6-2)27-33-45-36(44)26-19-13-12-15-21-30-42(29-20-14-10-11-16-22-32-43)31-23-28-40-38(41-46)37(39)34(4)7-3;1-4-6-8-10-14(12-13-15-3)11-9-7-5-2;1-2/h32,34-35,39,46H,5-31,33H2,1-4H3,(H,40,41);14H,4-13H2,1-3H3;1-2H3. The molecule has 0 aromatic heterocycles. The Morgan fingerprint density at radius 3 is 1.52 bits per heavy atom. The van der Waals surface area contributed by atoms with Gasteiger partial charge in [0.2, 0.25) is 0 Å². The molecule has 63 heavy (non-hydrogen) atoms. The van der Waals surface area contributed by atoms with E-state index in [1.165, 1.54) is 141 Å². The molecule has 2 N–H and O–H groups in total. The van der Waals surface area contributed by atoms with Crippen LogP contribution in [0.1, 0.15) is 261 Å². The van der Waals surface area contributed by atoms with Gasteiger partial charge in [-0.3, -0.25) is 9.79 Å². The summed E-state index contributed by atoms with van der Waals surface area (Å²) in [6.07, 6.45) is 39.1. The van der Waals surface area contributed by atoms with Crippen LogP contribution in [0, 0.1) is 23.2 Å². The van der Waals surface area contributed by atoms with Crippen molar-refractivity contribution in [2.45, 2.75) is 261 Å². The quantitative estimate of drug-likeness (QED) is 0.0140. The smallest absolute Gasteiger partial charge is 0.305 e. The first-order valence-corrected chi connectivity index (χ1v) is 27.6. The fourth-order valence-corrected chi connectivity index (χ4v) is 8.15. The minimum Gasteiger partial charge on any atom is -0.466 e. The van der Waals surface area contributed by atoms with E-state index in [1.807, 2.05) is 21.0 Å². The van der Waals surface area contributed by atoms with Gasteiger partial charge in [-0.2, -0.15) is 0 Å². The van der Waals surface area contributed by atoms with Crippen molar-refractivity contribution in [2.24, 2.45) is 22.7 Å². The molecule has 0 rings (SSSR count). The lowest BCUT2D eigenvalue weighted by atomic mass is 9.92. The fourth-order valence-electron chi connectivity index (χ4n) is 7.96. The highest BCUT2D eigenvalue weighted by Gasteiger charge is 2.14. The number of aliphatic imine (C=N–C) groups is 1. The molecule has 0 aliphatic heterocycles. The molecule has 0 bridgehead atoms. The topological polar surface area (TPSA) is 104 Å². The Labute approximate surface area is 399 Å². The number of thiol groups is 1. The van der Waals surface area contributed by atoms with Crippen LogP contribution >= 0.6 is 12.8 Å². The number of hydrogen-bond donors (Lipinski definition) is 3. The Morgan fingerprint density at radius 1 is 0.635 bits per heavy atom. The second kappa shape index (κ2) is 54.9. The van der Waals surface area contributed by atoms with E-state index >= 15 is 0 Å². The van der Waals surface area contributed by atoms with Crippen molar-refractivity contribution in [3.63, 3.8) is 0 Å². The number of nitrogens with zero attached hydrogens (tertiary/aromatic N) is 2. The van der Waals surface area contributed by atoms with E-state index in [1.54, 1.807) is 0 Å². The fraction of sp³-hybridized carbons (Fsp3) is 0.926. The monoisotopic (exact) mass is 911 g/mol. The lowest BCUT2D eigenvalue weighted by molar-refractivity contribution is -0.144. The predicted octanol–water partition coefficient (Wildman–Crippen LogP) is 16.0. The lowest BCUT2D eigenvalue weighted by Crippen LogP contribution is -2.30. The number of hydrogen-bond acceptors (Lipinski definition) is 8. The molecule has 0 saturated carbocycles. The summed E-state index contributed by atoms with van der Waals surface area (Å²) in [5, 5.41) is 8.33. The van der Waals surface area contributed by atoms with Gasteiger partial charge < -0.3 is 29.3 Å². The molecule has 0 aliphatic carbocycles. The zero-order valence-electron chi connectivity index (χ0n) is 43.7. The van der Waals surface area contributed by atoms with Gasteiger partial charge in [-0.15, -0.1) is 0 Å². The molecular formula is C54H110N4O4S. The van der Waals surface area contributed by atoms with Gasteiger partial charge in [0.1, 0.15) is 6.29 Å². The second-order valence-corrected chi connectivity index (χ2v) is 18.2. The van der Waals surface area contributed by atoms with Crippen LogP contribution in [0.25, 0.3) is 0 Å². The van der Waals surface area contributed by atoms with Crippen LogP contribution in [0.2, 0.25) is 0 Å². The van der Waals surface area contributed by atoms with Gasteiger partial charge in [0.15, 0.2) is 5.84 Å². The van der Waals surface area contributed by atoms with Crippen LogP contribution in [0.15, 0.2) is 4.99 Å². The average Bonchev–Trinajstić information content (AvgIpc) is 3.30. The number of rotatable bonds is 45. The Kier molecular flexibility index (Phi) is 57.3. The van der Waals surface area contributed by atoms with Crippen molar-refractivity contribution in [1.82, 2.24) is 9.62 Å². The molecule has 8 nitrogen and oxygen atoms in total. The minimum atomic E-state index is -0.0172. The van der Waals surface area contributed by atoms with Gasteiger partial charge in [0.05, 0.1) is 12.3 Å². The van der Waals surface area contributed by atoms with Crippen molar-refractivity contribution >= 4 is 36.6 Å². The van der Waals surface area contributed by atoms with Gasteiger partial charge in [-0.1, -0.05) is 209 Å². The van der Waals surface area contributed by atoms with E-state index in [0.717, 1.165) is 89.8 Å². The van der Waals surface area contributed by atoms with Crippen molar-refractivity contribution in [3.8, 4) is 0 Å². The van der Waals surface area contributed by atoms with Gasteiger partial charge in [0, 0.05) is 39.0 Å². The van der Waals surface area contributed by atoms with Gasteiger partial charge in [-0.05, 0) is 82.8 Å². The van der Waals surface area contributed by atoms with E-state index in [4.69, 9.17) is 14.9 Å². The largest absolute Gasteiger partial charge is 0.466 e. The molecule has 9 heteroatoms. The van der Waals surface area contributed by atoms with Gasteiger partial charge in [0.25, 0.3) is 0 Å². The number of unbranched alkanes of at least 4 members (excludes halogenated alkanes) is 17. The van der Waals surface area contributed by atoms with E-state index < -0.39 is 0 Å². The number of carbonyl (C=O) groups excluding carboxylic acids is 2. The molecule has 0 spiro atoms. The van der Waals surface area contributed by atoms with Crippen LogP contribution in [0.3, 0.4) is 0 Å². The lowest BCUT2D eigenvalue weighted by Gasteiger charge is -2.22. The summed E-state index contributed by atoms with van der Waals surface area (Å²) < 4.78 is 13.6. The Bertz CT molecular complexity index is 963. The van der Waals surface area contributed by atoms with E-state index in [9.17, 15) is 9.59 Å². The maximum Gasteiger partial charge on any atom is 0.305 e. The van der Waals surface area contributed by atoms with Gasteiger partial charge >= 0.3 is 5.97 Å². The maximum absolute atomic E-state index is 12.3. The normalized spacial score (nSPS) is 11.9. The van der Waals surface area contributed by atoms with Crippen molar-refractivity contribution < 1.29 is 19.1 Å². The summed E-state index contributed by atoms with van der Waals surface area (Å²) in [4.78, 5) is 30.1. The number of methoxy groups -OCH3 is 1. The van der Waals surface area contributed by atoms with E-state index in [2.05, 4.69) is 69.0 Å². The predicted molar refractivity (Wildman–Crippen MR) is 281 cm³/mol. The molecule has 0 radical (unpaired) electrons. The zero-order chi connectivity index (χ0) is 47.4. The molecule has 0 heterocycles. The first-order valence-electron chi connectivity index (χ1n) is 27.1. The molecule has 0 aromatic rings. The summed E-state index contributed by atoms with van der Waals surface area (Å²) in [5.41, 5.74) is 0.529. The molecule has 1 atom stereocenters. The number of amidine groups is 1. The number of esters is 1. The third-order valence-corrected chi connectivity index (χ3v) is 12.6. The number of ether oxygens (including phenoxy) is 2.